The number of carboxylic acid groups (broad SMARTS) is 1. The number of carbonyl (C=O) groups excluding carboxylic acids is 1. The molecule has 0 aliphatic heterocycles. The van der Waals surface area contributed by atoms with Crippen LogP contribution in [0.15, 0.2) is 22.7 Å². The largest absolute Gasteiger partial charge is 0.479 e. The normalized spacial score (nSPS) is 11.9. The molecule has 0 aliphatic carbocycles. The van der Waals surface area contributed by atoms with Gasteiger partial charge in [-0.2, -0.15) is 0 Å². The Morgan fingerprint density at radius 2 is 2.06 bits per heavy atom. The average Bonchev–Trinajstić information content (AvgIpc) is 2.27. The van der Waals surface area contributed by atoms with Gasteiger partial charge in [0.2, 0.25) is 0 Å². The minimum atomic E-state index is -1.48. The van der Waals surface area contributed by atoms with E-state index in [0.29, 0.717) is 15.1 Å². The van der Waals surface area contributed by atoms with Gasteiger partial charge in [-0.15, -0.1) is 0 Å². The fourth-order valence-corrected chi connectivity index (χ4v) is 2.09. The van der Waals surface area contributed by atoms with Gasteiger partial charge in [0.25, 0.3) is 5.91 Å². The van der Waals surface area contributed by atoms with Gasteiger partial charge in [0.05, 0.1) is 0 Å². The highest BCUT2D eigenvalue weighted by molar-refractivity contribution is 9.10. The summed E-state index contributed by atoms with van der Waals surface area (Å²) in [6.45, 7) is 0.0659. The summed E-state index contributed by atoms with van der Waals surface area (Å²) >= 11 is 9.00. The lowest BCUT2D eigenvalue weighted by Gasteiger charge is -2.08. The van der Waals surface area contributed by atoms with E-state index in [1.54, 1.807) is 12.1 Å². The molecule has 1 amide bonds. The Balaban J connectivity index is 2.53. The zero-order valence-electron chi connectivity index (χ0n) is 9.19. The first-order chi connectivity index (χ1) is 8.40. The highest BCUT2D eigenvalue weighted by atomic mass is 79.9. The Morgan fingerprint density at radius 1 is 1.39 bits per heavy atom. The van der Waals surface area contributed by atoms with Crippen LogP contribution in [0.4, 0.5) is 0 Å². The second-order valence-electron chi connectivity index (χ2n) is 3.56. The van der Waals surface area contributed by atoms with Gasteiger partial charge in [-0.1, -0.05) is 27.5 Å². The fourth-order valence-electron chi connectivity index (χ4n) is 1.23. The molecular weight excluding hydrogens is 325 g/mol. The summed E-state index contributed by atoms with van der Waals surface area (Å²) in [5, 5.41) is 20.4. The predicted molar refractivity (Wildman–Crippen MR) is 69.7 cm³/mol. The third-order valence-corrected chi connectivity index (χ3v) is 2.79. The number of halogens is 2. The van der Waals surface area contributed by atoms with Crippen LogP contribution >= 0.6 is 27.5 Å². The van der Waals surface area contributed by atoms with Crippen molar-refractivity contribution in [3.8, 4) is 0 Å². The number of nitrogens with one attached hydrogen (secondary N) is 1. The number of aliphatic hydroxyl groups is 1. The summed E-state index contributed by atoms with van der Waals surface area (Å²) in [6.07, 6.45) is -1.53. The molecule has 0 heterocycles. The number of rotatable bonds is 5. The van der Waals surface area contributed by atoms with Gasteiger partial charge in [-0.25, -0.2) is 4.79 Å². The first-order valence-electron chi connectivity index (χ1n) is 5.05. The number of aliphatic hydroxyl groups excluding tert-OH is 1. The van der Waals surface area contributed by atoms with Gasteiger partial charge in [0.1, 0.15) is 0 Å². The van der Waals surface area contributed by atoms with Crippen molar-refractivity contribution in [3.63, 3.8) is 0 Å². The highest BCUT2D eigenvalue weighted by Crippen LogP contribution is 2.19. The van der Waals surface area contributed by atoms with E-state index in [9.17, 15) is 9.59 Å². The molecule has 1 aromatic rings. The van der Waals surface area contributed by atoms with E-state index in [1.807, 2.05) is 0 Å². The van der Waals surface area contributed by atoms with Crippen molar-refractivity contribution in [2.75, 3.05) is 6.54 Å². The van der Waals surface area contributed by atoms with Crippen molar-refractivity contribution in [3.05, 3.63) is 33.3 Å². The monoisotopic (exact) mass is 335 g/mol. The Hall–Kier alpha value is -1.11. The Kier molecular flexibility index (Phi) is 5.58. The topological polar surface area (TPSA) is 86.6 Å². The number of carboxylic acids is 1. The second kappa shape index (κ2) is 6.72. The highest BCUT2D eigenvalue weighted by Gasteiger charge is 2.13. The minimum absolute atomic E-state index is 0.0528. The van der Waals surface area contributed by atoms with Crippen LogP contribution in [0.1, 0.15) is 16.8 Å². The Labute approximate surface area is 117 Å². The molecule has 0 fully saturated rings. The van der Waals surface area contributed by atoms with Crippen LogP contribution in [0, 0.1) is 0 Å². The summed E-state index contributed by atoms with van der Waals surface area (Å²) < 4.78 is 0.672. The number of carbonyl (C=O) groups is 2. The van der Waals surface area contributed by atoms with Crippen molar-refractivity contribution >= 4 is 39.4 Å². The first kappa shape index (κ1) is 14.9. The van der Waals surface area contributed by atoms with E-state index in [1.165, 1.54) is 6.07 Å². The fraction of sp³-hybridized carbons (Fsp3) is 0.273. The SMILES string of the molecule is O=C(NCCC(O)C(=O)O)c1cc(Cl)cc(Br)c1. The van der Waals surface area contributed by atoms with Gasteiger partial charge < -0.3 is 15.5 Å². The van der Waals surface area contributed by atoms with Crippen LogP contribution in [-0.4, -0.2) is 34.7 Å². The lowest BCUT2D eigenvalue weighted by molar-refractivity contribution is -0.146. The maximum atomic E-state index is 11.7. The van der Waals surface area contributed by atoms with Gasteiger partial charge in [0, 0.05) is 28.0 Å². The van der Waals surface area contributed by atoms with Crippen molar-refractivity contribution in [1.29, 1.82) is 0 Å². The van der Waals surface area contributed by atoms with Crippen LogP contribution in [0.2, 0.25) is 5.02 Å². The third kappa shape index (κ3) is 4.64. The maximum Gasteiger partial charge on any atom is 0.332 e. The zero-order valence-corrected chi connectivity index (χ0v) is 11.5. The molecule has 0 bridgehead atoms. The summed E-state index contributed by atoms with van der Waals surface area (Å²) in [5.74, 6) is -1.69. The number of hydrogen-bond donors (Lipinski definition) is 3. The maximum absolute atomic E-state index is 11.7. The van der Waals surface area contributed by atoms with Crippen molar-refractivity contribution in [2.45, 2.75) is 12.5 Å². The van der Waals surface area contributed by atoms with Crippen LogP contribution < -0.4 is 5.32 Å². The van der Waals surface area contributed by atoms with E-state index in [-0.39, 0.29) is 18.9 Å². The van der Waals surface area contributed by atoms with E-state index < -0.39 is 12.1 Å². The van der Waals surface area contributed by atoms with Crippen LogP contribution in [-0.2, 0) is 4.79 Å². The Morgan fingerprint density at radius 3 is 2.61 bits per heavy atom. The molecular formula is C11H11BrClNO4. The average molecular weight is 337 g/mol. The van der Waals surface area contributed by atoms with Crippen LogP contribution in [0.25, 0.3) is 0 Å². The second-order valence-corrected chi connectivity index (χ2v) is 4.91. The predicted octanol–water partition coefficient (Wildman–Crippen LogP) is 1.67. The molecule has 0 aliphatic rings. The van der Waals surface area contributed by atoms with E-state index in [2.05, 4.69) is 21.2 Å². The number of benzene rings is 1. The molecule has 1 aromatic carbocycles. The standard InChI is InChI=1S/C11H11BrClNO4/c12-7-3-6(4-8(13)5-7)10(16)14-2-1-9(15)11(17)18/h3-5,9,15H,1-2H2,(H,14,16)(H,17,18). The molecule has 0 spiro atoms. The van der Waals surface area contributed by atoms with E-state index in [4.69, 9.17) is 21.8 Å². The van der Waals surface area contributed by atoms with E-state index in [0.717, 1.165) is 0 Å². The molecule has 0 radical (unpaired) electrons. The molecule has 7 heteroatoms. The van der Waals surface area contributed by atoms with Gasteiger partial charge in [0.15, 0.2) is 6.10 Å². The molecule has 0 saturated heterocycles. The van der Waals surface area contributed by atoms with Gasteiger partial charge in [-0.3, -0.25) is 4.79 Å². The summed E-state index contributed by atoms with van der Waals surface area (Å²) in [6, 6.07) is 4.73. The molecule has 0 saturated carbocycles. The lowest BCUT2D eigenvalue weighted by atomic mass is 10.2. The summed E-state index contributed by atoms with van der Waals surface area (Å²) in [4.78, 5) is 22.0. The third-order valence-electron chi connectivity index (χ3n) is 2.11. The van der Waals surface area contributed by atoms with Crippen molar-refractivity contribution in [1.82, 2.24) is 5.32 Å². The summed E-state index contributed by atoms with van der Waals surface area (Å²) in [5.41, 5.74) is 0.360. The molecule has 0 aromatic heterocycles. The van der Waals surface area contributed by atoms with Gasteiger partial charge >= 0.3 is 5.97 Å². The Bertz CT molecular complexity index is 446. The molecule has 5 nitrogen and oxygen atoms in total. The molecule has 98 valence electrons. The lowest BCUT2D eigenvalue weighted by Crippen LogP contribution is -2.30. The zero-order chi connectivity index (χ0) is 13.7. The molecule has 18 heavy (non-hydrogen) atoms. The van der Waals surface area contributed by atoms with Crippen LogP contribution in [0.5, 0.6) is 0 Å². The number of aliphatic carboxylic acids is 1. The minimum Gasteiger partial charge on any atom is -0.479 e. The number of amides is 1. The molecule has 1 rings (SSSR count). The molecule has 3 N–H and O–H groups in total. The molecule has 1 unspecified atom stereocenters. The quantitative estimate of drug-likeness (QED) is 0.763. The number of hydrogen-bond acceptors (Lipinski definition) is 3. The van der Waals surface area contributed by atoms with Crippen molar-refractivity contribution in [2.24, 2.45) is 0 Å². The molecule has 1 atom stereocenters. The summed E-state index contributed by atoms with van der Waals surface area (Å²) in [7, 11) is 0. The first-order valence-corrected chi connectivity index (χ1v) is 6.22. The van der Waals surface area contributed by atoms with E-state index >= 15 is 0 Å². The smallest absolute Gasteiger partial charge is 0.332 e. The van der Waals surface area contributed by atoms with Crippen molar-refractivity contribution < 1.29 is 19.8 Å². The van der Waals surface area contributed by atoms with Gasteiger partial charge in [-0.05, 0) is 18.2 Å². The van der Waals surface area contributed by atoms with Crippen LogP contribution in [0.3, 0.4) is 0 Å².